The zero-order chi connectivity index (χ0) is 21.4. The molecule has 0 radical (unpaired) electrons. The summed E-state index contributed by atoms with van der Waals surface area (Å²) in [7, 11) is 0.179. The van der Waals surface area contributed by atoms with Crippen LogP contribution in [0.2, 0.25) is 0 Å². The summed E-state index contributed by atoms with van der Waals surface area (Å²) in [6.45, 7) is 7.93. The normalized spacial score (nSPS) is 12.2. The highest BCUT2D eigenvalue weighted by molar-refractivity contribution is 14.0. The van der Waals surface area contributed by atoms with Gasteiger partial charge in [0.25, 0.3) is 0 Å². The van der Waals surface area contributed by atoms with Gasteiger partial charge in [0.15, 0.2) is 5.96 Å². The Bertz CT molecular complexity index is 882. The molecule has 0 atom stereocenters. The quantitative estimate of drug-likeness (QED) is 0.284. The van der Waals surface area contributed by atoms with Gasteiger partial charge in [-0.05, 0) is 56.3 Å². The van der Waals surface area contributed by atoms with Gasteiger partial charge in [-0.15, -0.1) is 35.3 Å². The van der Waals surface area contributed by atoms with E-state index in [-0.39, 0.29) is 30.0 Å². The summed E-state index contributed by atoms with van der Waals surface area (Å²) in [6.07, 6.45) is 0.981. The molecule has 0 unspecified atom stereocenters. The second kappa shape index (κ2) is 12.6. The van der Waals surface area contributed by atoms with Crippen molar-refractivity contribution in [2.24, 2.45) is 4.99 Å². The predicted octanol–water partition coefficient (Wildman–Crippen LogP) is 4.04. The molecule has 2 rings (SSSR count). The number of guanidine groups is 1. The molecule has 0 amide bonds. The van der Waals surface area contributed by atoms with Gasteiger partial charge in [-0.3, -0.25) is 0 Å². The van der Waals surface area contributed by atoms with Crippen LogP contribution in [0.15, 0.2) is 51.7 Å². The first-order valence-electron chi connectivity index (χ1n) is 9.84. The van der Waals surface area contributed by atoms with Gasteiger partial charge < -0.3 is 10.2 Å². The Morgan fingerprint density at radius 3 is 2.37 bits per heavy atom. The van der Waals surface area contributed by atoms with E-state index in [2.05, 4.69) is 27.7 Å². The van der Waals surface area contributed by atoms with E-state index in [1.165, 1.54) is 9.18 Å². The van der Waals surface area contributed by atoms with Crippen molar-refractivity contribution < 1.29 is 8.42 Å². The summed E-state index contributed by atoms with van der Waals surface area (Å²) in [4.78, 5) is 8.50. The molecule has 1 aromatic carbocycles. The maximum atomic E-state index is 12.6. The highest BCUT2D eigenvalue weighted by atomic mass is 127. The monoisotopic (exact) mass is 564 g/mol. The SMILES string of the molecule is CCNC(=NCc1ccc(S(=O)(=O)N(C)C(C)C)cc1)N(C)CCc1cccs1.I. The molecule has 0 aliphatic heterocycles. The third-order valence-corrected chi connectivity index (χ3v) is 7.69. The van der Waals surface area contributed by atoms with Crippen molar-refractivity contribution in [2.45, 2.75) is 44.7 Å². The van der Waals surface area contributed by atoms with E-state index in [0.717, 1.165) is 31.0 Å². The number of nitrogens with one attached hydrogen (secondary N) is 1. The van der Waals surface area contributed by atoms with E-state index in [1.807, 2.05) is 40.0 Å². The second-order valence-electron chi connectivity index (χ2n) is 7.18. The summed E-state index contributed by atoms with van der Waals surface area (Å²) in [5, 5.41) is 5.42. The van der Waals surface area contributed by atoms with Crippen LogP contribution in [0.1, 0.15) is 31.2 Å². The topological polar surface area (TPSA) is 65.0 Å². The molecule has 30 heavy (non-hydrogen) atoms. The van der Waals surface area contributed by atoms with E-state index in [4.69, 9.17) is 4.99 Å². The molecule has 1 aromatic heterocycles. The maximum absolute atomic E-state index is 12.6. The summed E-state index contributed by atoms with van der Waals surface area (Å²) < 4.78 is 26.5. The number of halogens is 1. The van der Waals surface area contributed by atoms with Gasteiger partial charge in [-0.2, -0.15) is 4.31 Å². The smallest absolute Gasteiger partial charge is 0.243 e. The lowest BCUT2D eigenvalue weighted by molar-refractivity contribution is 0.410. The van der Waals surface area contributed by atoms with E-state index < -0.39 is 10.0 Å². The molecule has 9 heteroatoms. The van der Waals surface area contributed by atoms with Crippen molar-refractivity contribution in [1.29, 1.82) is 0 Å². The van der Waals surface area contributed by atoms with Crippen LogP contribution in [0.3, 0.4) is 0 Å². The second-order valence-corrected chi connectivity index (χ2v) is 10.2. The molecule has 1 heterocycles. The van der Waals surface area contributed by atoms with Crippen LogP contribution in [0.25, 0.3) is 0 Å². The fourth-order valence-electron chi connectivity index (χ4n) is 2.69. The first-order chi connectivity index (χ1) is 13.8. The standard InChI is InChI=1S/C21H32N4O2S2.HI/c1-6-22-21(24(4)14-13-19-8-7-15-28-19)23-16-18-9-11-20(12-10-18)29(26,27)25(5)17(2)3;/h7-12,15,17H,6,13-14,16H2,1-5H3,(H,22,23);1H. The molecule has 6 nitrogen and oxygen atoms in total. The van der Waals surface area contributed by atoms with Gasteiger partial charge in [0.1, 0.15) is 0 Å². The number of nitrogens with zero attached hydrogens (tertiary/aromatic N) is 3. The Morgan fingerprint density at radius 2 is 1.83 bits per heavy atom. The lowest BCUT2D eigenvalue weighted by atomic mass is 10.2. The first kappa shape index (κ1) is 26.9. The average Bonchev–Trinajstić information content (AvgIpc) is 3.22. The molecule has 0 bridgehead atoms. The van der Waals surface area contributed by atoms with Crippen molar-refractivity contribution in [1.82, 2.24) is 14.5 Å². The molecule has 0 aliphatic carbocycles. The first-order valence-corrected chi connectivity index (χ1v) is 12.2. The Labute approximate surface area is 202 Å². The fraction of sp³-hybridized carbons (Fsp3) is 0.476. The molecular weight excluding hydrogens is 531 g/mol. The minimum atomic E-state index is -3.46. The van der Waals surface area contributed by atoms with Crippen molar-refractivity contribution in [3.8, 4) is 0 Å². The summed E-state index contributed by atoms with van der Waals surface area (Å²) in [5.74, 6) is 0.847. The number of hydrogen-bond donors (Lipinski definition) is 1. The summed E-state index contributed by atoms with van der Waals surface area (Å²) in [5.41, 5.74) is 0.971. The fourth-order valence-corrected chi connectivity index (χ4v) is 4.75. The summed E-state index contributed by atoms with van der Waals surface area (Å²) in [6, 6.07) is 11.1. The van der Waals surface area contributed by atoms with Crippen molar-refractivity contribution in [3.63, 3.8) is 0 Å². The van der Waals surface area contributed by atoms with Gasteiger partial charge >= 0.3 is 0 Å². The number of likely N-dealkylation sites (N-methyl/N-ethyl adjacent to an activating group) is 1. The maximum Gasteiger partial charge on any atom is 0.243 e. The number of thiophene rings is 1. The molecule has 0 saturated heterocycles. The van der Waals surface area contributed by atoms with Crippen LogP contribution in [-0.4, -0.2) is 56.8 Å². The van der Waals surface area contributed by atoms with Crippen molar-refractivity contribution in [2.75, 3.05) is 27.2 Å². The van der Waals surface area contributed by atoms with E-state index in [9.17, 15) is 8.42 Å². The van der Waals surface area contributed by atoms with E-state index in [1.54, 1.807) is 30.5 Å². The molecule has 0 aliphatic rings. The van der Waals surface area contributed by atoms with Gasteiger partial charge in [0.2, 0.25) is 10.0 Å². The highest BCUT2D eigenvalue weighted by Gasteiger charge is 2.22. The Morgan fingerprint density at radius 1 is 1.17 bits per heavy atom. The predicted molar refractivity (Wildman–Crippen MR) is 137 cm³/mol. The minimum absolute atomic E-state index is 0. The molecule has 168 valence electrons. The van der Waals surface area contributed by atoms with Gasteiger partial charge in [-0.25, -0.2) is 13.4 Å². The minimum Gasteiger partial charge on any atom is -0.357 e. The van der Waals surface area contributed by atoms with Crippen LogP contribution in [0.4, 0.5) is 0 Å². The van der Waals surface area contributed by atoms with Crippen LogP contribution >= 0.6 is 35.3 Å². The lowest BCUT2D eigenvalue weighted by Gasteiger charge is -2.22. The number of aliphatic imine (C=N–C) groups is 1. The zero-order valence-electron chi connectivity index (χ0n) is 18.3. The van der Waals surface area contributed by atoms with Gasteiger partial charge in [-0.1, -0.05) is 18.2 Å². The Kier molecular flexibility index (Phi) is 11.3. The zero-order valence-corrected chi connectivity index (χ0v) is 22.3. The van der Waals surface area contributed by atoms with Crippen LogP contribution in [0, 0.1) is 0 Å². The molecule has 0 fully saturated rings. The molecule has 2 aromatic rings. The van der Waals surface area contributed by atoms with E-state index in [0.29, 0.717) is 11.4 Å². The highest BCUT2D eigenvalue weighted by Crippen LogP contribution is 2.17. The van der Waals surface area contributed by atoms with Gasteiger partial charge in [0, 0.05) is 38.1 Å². The third-order valence-electron chi connectivity index (χ3n) is 4.71. The number of hydrogen-bond acceptors (Lipinski definition) is 4. The largest absolute Gasteiger partial charge is 0.357 e. The van der Waals surface area contributed by atoms with Crippen LogP contribution in [0.5, 0.6) is 0 Å². The number of benzene rings is 1. The van der Waals surface area contributed by atoms with Gasteiger partial charge in [0.05, 0.1) is 11.4 Å². The number of rotatable bonds is 9. The lowest BCUT2D eigenvalue weighted by Crippen LogP contribution is -2.39. The molecular formula is C21H33IN4O2S2. The van der Waals surface area contributed by atoms with Crippen molar-refractivity contribution in [3.05, 3.63) is 52.2 Å². The Hall–Kier alpha value is -1.17. The third kappa shape index (κ3) is 7.51. The Balaban J connectivity index is 0.00000450. The van der Waals surface area contributed by atoms with Crippen LogP contribution in [-0.2, 0) is 23.0 Å². The summed E-state index contributed by atoms with van der Waals surface area (Å²) >= 11 is 1.77. The molecule has 1 N–H and O–H groups in total. The average molecular weight is 565 g/mol. The molecule has 0 saturated carbocycles. The van der Waals surface area contributed by atoms with Crippen molar-refractivity contribution >= 4 is 51.3 Å². The molecule has 0 spiro atoms. The van der Waals surface area contributed by atoms with Crippen LogP contribution < -0.4 is 5.32 Å². The number of sulfonamides is 1. The van der Waals surface area contributed by atoms with E-state index >= 15 is 0 Å².